The molecule has 0 bridgehead atoms. The molecule has 0 radical (unpaired) electrons. The fourth-order valence-corrected chi connectivity index (χ4v) is 3.88. The van der Waals surface area contributed by atoms with Crippen LogP contribution in [0.2, 0.25) is 0 Å². The molecule has 0 saturated heterocycles. The minimum atomic E-state index is -3.70. The van der Waals surface area contributed by atoms with Gasteiger partial charge in [0.2, 0.25) is 10.0 Å². The Morgan fingerprint density at radius 1 is 1.57 bits per heavy atom. The van der Waals surface area contributed by atoms with Gasteiger partial charge in [-0.3, -0.25) is 5.10 Å². The molecule has 0 amide bonds. The molecule has 1 saturated carbocycles. The molecular weight excluding hydrogens is 292 g/mol. The summed E-state index contributed by atoms with van der Waals surface area (Å²) in [4.78, 5) is 0.200. The third-order valence-corrected chi connectivity index (χ3v) is 5.45. The van der Waals surface area contributed by atoms with E-state index in [0.29, 0.717) is 24.0 Å². The van der Waals surface area contributed by atoms with E-state index in [-0.39, 0.29) is 24.6 Å². The molecule has 21 heavy (non-hydrogen) atoms. The van der Waals surface area contributed by atoms with Crippen LogP contribution < -0.4 is 5.32 Å². The van der Waals surface area contributed by atoms with Gasteiger partial charge < -0.3 is 10.4 Å². The molecule has 0 spiro atoms. The number of nitrogens with zero attached hydrogens (tertiary/aromatic N) is 2. The van der Waals surface area contributed by atoms with Crippen molar-refractivity contribution in [1.82, 2.24) is 19.8 Å². The minimum absolute atomic E-state index is 0.0362. The Balaban J connectivity index is 2.27. The third-order valence-electron chi connectivity index (χ3n) is 3.38. The Hall–Kier alpha value is -1.22. The third kappa shape index (κ3) is 3.70. The van der Waals surface area contributed by atoms with Crippen molar-refractivity contribution in [3.63, 3.8) is 0 Å². The van der Waals surface area contributed by atoms with Gasteiger partial charge in [0.15, 0.2) is 0 Å². The quantitative estimate of drug-likeness (QED) is 0.563. The highest BCUT2D eigenvalue weighted by Crippen LogP contribution is 2.24. The summed E-state index contributed by atoms with van der Waals surface area (Å²) in [6, 6.07) is 0.472. The SMILES string of the molecule is C=CCN(CCO)S(=O)(=O)c1c(CNC2CC2)n[nH]c1C. The lowest BCUT2D eigenvalue weighted by Gasteiger charge is -2.20. The number of H-pyrrole nitrogens is 1. The van der Waals surface area contributed by atoms with Crippen molar-refractivity contribution >= 4 is 10.0 Å². The number of hydrogen-bond acceptors (Lipinski definition) is 5. The highest BCUT2D eigenvalue weighted by atomic mass is 32.2. The normalized spacial score (nSPS) is 15.6. The standard InChI is InChI=1S/C13H22N4O3S/c1-3-6-17(7-8-18)21(19,20)13-10(2)15-16-12(13)9-14-11-4-5-11/h3,11,14,18H,1,4-9H2,2H3,(H,15,16). The molecule has 1 heterocycles. The molecule has 1 fully saturated rings. The molecule has 8 heteroatoms. The van der Waals surface area contributed by atoms with Crippen LogP contribution in [0.15, 0.2) is 17.6 Å². The van der Waals surface area contributed by atoms with Crippen LogP contribution in [0.1, 0.15) is 24.2 Å². The summed E-state index contributed by atoms with van der Waals surface area (Å²) in [7, 11) is -3.70. The Kier molecular flexibility index (Phi) is 5.15. The summed E-state index contributed by atoms with van der Waals surface area (Å²) in [5.41, 5.74) is 1.00. The number of nitrogens with one attached hydrogen (secondary N) is 2. The molecule has 1 aromatic rings. The van der Waals surface area contributed by atoms with Crippen LogP contribution in [-0.4, -0.2) is 53.8 Å². The van der Waals surface area contributed by atoms with E-state index in [1.54, 1.807) is 6.92 Å². The van der Waals surface area contributed by atoms with Crippen LogP contribution in [0.4, 0.5) is 0 Å². The molecule has 0 aliphatic heterocycles. The Morgan fingerprint density at radius 2 is 2.29 bits per heavy atom. The Labute approximate surface area is 125 Å². The predicted molar refractivity (Wildman–Crippen MR) is 79.2 cm³/mol. The maximum Gasteiger partial charge on any atom is 0.247 e. The Bertz CT molecular complexity index is 593. The van der Waals surface area contributed by atoms with Crippen molar-refractivity contribution in [3.8, 4) is 0 Å². The highest BCUT2D eigenvalue weighted by Gasteiger charge is 2.30. The van der Waals surface area contributed by atoms with Gasteiger partial charge >= 0.3 is 0 Å². The molecule has 0 aromatic carbocycles. The number of aromatic nitrogens is 2. The molecule has 1 aliphatic rings. The second kappa shape index (κ2) is 6.69. The van der Waals surface area contributed by atoms with Gasteiger partial charge in [0.25, 0.3) is 0 Å². The summed E-state index contributed by atoms with van der Waals surface area (Å²) >= 11 is 0. The average Bonchev–Trinajstić information content (AvgIpc) is 3.18. The first-order chi connectivity index (χ1) is 10.0. The molecule has 7 nitrogen and oxygen atoms in total. The van der Waals surface area contributed by atoms with E-state index in [4.69, 9.17) is 5.11 Å². The van der Waals surface area contributed by atoms with E-state index >= 15 is 0 Å². The van der Waals surface area contributed by atoms with Crippen molar-refractivity contribution in [1.29, 1.82) is 0 Å². The van der Waals surface area contributed by atoms with Gasteiger partial charge in [-0.1, -0.05) is 6.08 Å². The molecule has 118 valence electrons. The van der Waals surface area contributed by atoms with E-state index in [9.17, 15) is 8.42 Å². The largest absolute Gasteiger partial charge is 0.395 e. The summed E-state index contributed by atoms with van der Waals surface area (Å²) in [5, 5.41) is 19.2. The van der Waals surface area contributed by atoms with Crippen LogP contribution in [0.3, 0.4) is 0 Å². The summed E-state index contributed by atoms with van der Waals surface area (Å²) in [6.45, 7) is 5.63. The predicted octanol–water partition coefficient (Wildman–Crippen LogP) is 0.139. The van der Waals surface area contributed by atoms with Crippen molar-refractivity contribution in [3.05, 3.63) is 24.0 Å². The number of hydrogen-bond donors (Lipinski definition) is 3. The first-order valence-electron chi connectivity index (χ1n) is 6.99. The topological polar surface area (TPSA) is 98.3 Å². The summed E-state index contributed by atoms with van der Waals surface area (Å²) in [5.74, 6) is 0. The lowest BCUT2D eigenvalue weighted by molar-refractivity contribution is 0.260. The van der Waals surface area contributed by atoms with Crippen molar-refractivity contribution in [2.24, 2.45) is 0 Å². The fourth-order valence-electron chi connectivity index (χ4n) is 2.15. The molecular formula is C13H22N4O3S. The van der Waals surface area contributed by atoms with E-state index in [1.807, 2.05) is 0 Å². The zero-order valence-electron chi connectivity index (χ0n) is 12.2. The van der Waals surface area contributed by atoms with Gasteiger partial charge in [0, 0.05) is 25.7 Å². The van der Waals surface area contributed by atoms with Crippen LogP contribution in [0, 0.1) is 6.92 Å². The van der Waals surface area contributed by atoms with Crippen molar-refractivity contribution < 1.29 is 13.5 Å². The lowest BCUT2D eigenvalue weighted by Crippen LogP contribution is -2.34. The molecule has 0 atom stereocenters. The highest BCUT2D eigenvalue weighted by molar-refractivity contribution is 7.89. The number of aliphatic hydroxyl groups excluding tert-OH is 1. The maximum absolute atomic E-state index is 12.8. The van der Waals surface area contributed by atoms with Crippen molar-refractivity contribution in [2.75, 3.05) is 19.7 Å². The van der Waals surface area contributed by atoms with Gasteiger partial charge in [-0.15, -0.1) is 6.58 Å². The molecule has 1 aliphatic carbocycles. The van der Waals surface area contributed by atoms with Gasteiger partial charge in [-0.25, -0.2) is 8.42 Å². The van der Waals surface area contributed by atoms with Crippen LogP contribution in [0.5, 0.6) is 0 Å². The molecule has 0 unspecified atom stereocenters. The first kappa shape index (κ1) is 16.2. The van der Waals surface area contributed by atoms with E-state index in [0.717, 1.165) is 12.8 Å². The number of sulfonamides is 1. The second-order valence-electron chi connectivity index (χ2n) is 5.15. The average molecular weight is 314 g/mol. The lowest BCUT2D eigenvalue weighted by atomic mass is 10.3. The smallest absolute Gasteiger partial charge is 0.247 e. The van der Waals surface area contributed by atoms with E-state index in [1.165, 1.54) is 10.4 Å². The minimum Gasteiger partial charge on any atom is -0.395 e. The molecule has 3 N–H and O–H groups in total. The summed E-state index contributed by atoms with van der Waals surface area (Å²) < 4.78 is 26.7. The Morgan fingerprint density at radius 3 is 2.86 bits per heavy atom. The van der Waals surface area contributed by atoms with E-state index < -0.39 is 10.0 Å². The second-order valence-corrected chi connectivity index (χ2v) is 7.03. The number of aromatic amines is 1. The van der Waals surface area contributed by atoms with Crippen LogP contribution >= 0.6 is 0 Å². The van der Waals surface area contributed by atoms with Gasteiger partial charge in [0.05, 0.1) is 18.0 Å². The van der Waals surface area contributed by atoms with Crippen LogP contribution in [0.25, 0.3) is 0 Å². The first-order valence-corrected chi connectivity index (χ1v) is 8.43. The monoisotopic (exact) mass is 314 g/mol. The molecule has 2 rings (SSSR count). The van der Waals surface area contributed by atoms with Crippen molar-refractivity contribution in [2.45, 2.75) is 37.2 Å². The molecule has 1 aromatic heterocycles. The van der Waals surface area contributed by atoms with Crippen LogP contribution in [-0.2, 0) is 16.6 Å². The number of aliphatic hydroxyl groups is 1. The zero-order chi connectivity index (χ0) is 15.5. The van der Waals surface area contributed by atoms with E-state index in [2.05, 4.69) is 22.1 Å². The van der Waals surface area contributed by atoms with Gasteiger partial charge in [0.1, 0.15) is 4.90 Å². The zero-order valence-corrected chi connectivity index (χ0v) is 13.0. The van der Waals surface area contributed by atoms with Gasteiger partial charge in [-0.05, 0) is 19.8 Å². The van der Waals surface area contributed by atoms with Gasteiger partial charge in [-0.2, -0.15) is 9.40 Å². The maximum atomic E-state index is 12.8. The number of rotatable bonds is 9. The summed E-state index contributed by atoms with van der Waals surface area (Å²) in [6.07, 6.45) is 3.75. The number of aryl methyl sites for hydroxylation is 1. The fraction of sp³-hybridized carbons (Fsp3) is 0.615.